The Labute approximate surface area is 275 Å². The standard InChI is InChI=1S/C39H42N4O4/c1-26(44)47-24-19-27-13-16-30(17-14-27)41-38(46)39(20-5-6-21-39)42-37(45)29-15-18-32-34(25-29)43-23-8-12-33-31(11-7-22-40-33)36(43)35(32)28-9-3-2-4-10-28/h7,11,13-19,22,24-25,28H,2-6,8-10,12,20-21,23H2,1H3,(H,41,46)(H,42,45)/b24-19+. The maximum Gasteiger partial charge on any atom is 0.307 e. The quantitative estimate of drug-likeness (QED) is 0.160. The van der Waals surface area contributed by atoms with Crippen molar-refractivity contribution in [3.8, 4) is 11.3 Å². The zero-order chi connectivity index (χ0) is 32.4. The number of rotatable bonds is 7. The van der Waals surface area contributed by atoms with Crippen LogP contribution in [0.4, 0.5) is 5.69 Å². The summed E-state index contributed by atoms with van der Waals surface area (Å²) in [4.78, 5) is 43.5. The highest BCUT2D eigenvalue weighted by atomic mass is 16.5. The molecule has 7 rings (SSSR count). The Kier molecular flexibility index (Phi) is 8.67. The molecule has 2 aromatic carbocycles. The van der Waals surface area contributed by atoms with Gasteiger partial charge in [-0.15, -0.1) is 0 Å². The van der Waals surface area contributed by atoms with E-state index in [1.54, 1.807) is 18.2 Å². The minimum atomic E-state index is -0.978. The van der Waals surface area contributed by atoms with Crippen LogP contribution in [-0.2, 0) is 27.3 Å². The van der Waals surface area contributed by atoms with E-state index in [1.807, 2.05) is 36.5 Å². The van der Waals surface area contributed by atoms with Crippen molar-refractivity contribution in [1.29, 1.82) is 0 Å². The van der Waals surface area contributed by atoms with Crippen LogP contribution in [0.25, 0.3) is 28.2 Å². The first-order chi connectivity index (χ1) is 22.9. The van der Waals surface area contributed by atoms with Crippen LogP contribution in [0.1, 0.15) is 104 Å². The van der Waals surface area contributed by atoms with Gasteiger partial charge in [0.25, 0.3) is 5.91 Å². The summed E-state index contributed by atoms with van der Waals surface area (Å²) >= 11 is 0. The minimum Gasteiger partial charge on any atom is -0.435 e. The van der Waals surface area contributed by atoms with Crippen LogP contribution in [0, 0.1) is 0 Å². The smallest absolute Gasteiger partial charge is 0.307 e. The van der Waals surface area contributed by atoms with E-state index in [2.05, 4.69) is 27.3 Å². The van der Waals surface area contributed by atoms with Gasteiger partial charge in [-0.25, -0.2) is 0 Å². The maximum atomic E-state index is 14.0. The zero-order valence-corrected chi connectivity index (χ0v) is 27.0. The molecule has 0 bridgehead atoms. The van der Waals surface area contributed by atoms with E-state index in [0.29, 0.717) is 30.0 Å². The van der Waals surface area contributed by atoms with Crippen molar-refractivity contribution in [2.24, 2.45) is 0 Å². The minimum absolute atomic E-state index is 0.201. The normalized spacial score (nSPS) is 17.6. The average Bonchev–Trinajstić information content (AvgIpc) is 3.63. The zero-order valence-electron chi connectivity index (χ0n) is 27.0. The van der Waals surface area contributed by atoms with E-state index < -0.39 is 5.54 Å². The van der Waals surface area contributed by atoms with Crippen LogP contribution in [0.2, 0.25) is 0 Å². The van der Waals surface area contributed by atoms with Crippen molar-refractivity contribution in [1.82, 2.24) is 14.9 Å². The highest BCUT2D eigenvalue weighted by Gasteiger charge is 2.43. The van der Waals surface area contributed by atoms with Gasteiger partial charge in [-0.1, -0.05) is 50.3 Å². The van der Waals surface area contributed by atoms with Crippen LogP contribution in [0.3, 0.4) is 0 Å². The van der Waals surface area contributed by atoms with E-state index in [4.69, 9.17) is 9.72 Å². The number of aromatic nitrogens is 2. The van der Waals surface area contributed by atoms with Gasteiger partial charge in [0.2, 0.25) is 5.91 Å². The van der Waals surface area contributed by atoms with Crippen molar-refractivity contribution >= 4 is 40.4 Å². The molecule has 2 amide bonds. The summed E-state index contributed by atoms with van der Waals surface area (Å²) in [6.45, 7) is 2.23. The van der Waals surface area contributed by atoms with Crippen LogP contribution in [0.15, 0.2) is 67.1 Å². The Hall–Kier alpha value is -4.72. The molecule has 8 heteroatoms. The summed E-state index contributed by atoms with van der Waals surface area (Å²) in [5.41, 5.74) is 7.25. The lowest BCUT2D eigenvalue weighted by molar-refractivity contribution is -0.135. The number of aryl methyl sites for hydroxylation is 2. The highest BCUT2D eigenvalue weighted by molar-refractivity contribution is 6.06. The monoisotopic (exact) mass is 630 g/mol. The third kappa shape index (κ3) is 6.21. The molecule has 47 heavy (non-hydrogen) atoms. The number of nitrogens with one attached hydrogen (secondary N) is 2. The second kappa shape index (κ2) is 13.2. The van der Waals surface area contributed by atoms with Gasteiger partial charge in [-0.2, -0.15) is 0 Å². The molecule has 2 saturated carbocycles. The van der Waals surface area contributed by atoms with E-state index >= 15 is 0 Å². The first-order valence-electron chi connectivity index (χ1n) is 17.1. The maximum absolute atomic E-state index is 14.0. The van der Waals surface area contributed by atoms with Gasteiger partial charge in [-0.3, -0.25) is 19.4 Å². The van der Waals surface area contributed by atoms with Gasteiger partial charge < -0.3 is 19.9 Å². The number of hydrogen-bond donors (Lipinski definition) is 2. The second-order valence-corrected chi connectivity index (χ2v) is 13.3. The number of pyridine rings is 1. The fraction of sp³-hybridized carbons (Fsp3) is 0.385. The third-order valence-electron chi connectivity index (χ3n) is 10.2. The van der Waals surface area contributed by atoms with Crippen molar-refractivity contribution < 1.29 is 19.1 Å². The summed E-state index contributed by atoms with van der Waals surface area (Å²) in [7, 11) is 0. The lowest BCUT2D eigenvalue weighted by atomic mass is 9.81. The summed E-state index contributed by atoms with van der Waals surface area (Å²) in [6, 6.07) is 17.7. The predicted molar refractivity (Wildman–Crippen MR) is 184 cm³/mol. The van der Waals surface area contributed by atoms with Gasteiger partial charge >= 0.3 is 5.97 Å². The summed E-state index contributed by atoms with van der Waals surface area (Å²) in [6.07, 6.45) is 15.9. The van der Waals surface area contributed by atoms with Crippen LogP contribution in [0.5, 0.6) is 0 Å². The molecule has 3 heterocycles. The molecule has 2 aliphatic carbocycles. The molecule has 0 atom stereocenters. The number of esters is 1. The number of fused-ring (bicyclic) bond motifs is 5. The molecule has 4 aromatic rings. The van der Waals surface area contributed by atoms with Crippen molar-refractivity contribution in [3.63, 3.8) is 0 Å². The Bertz CT molecular complexity index is 1840. The van der Waals surface area contributed by atoms with Crippen LogP contribution in [-0.4, -0.2) is 32.9 Å². The molecule has 0 radical (unpaired) electrons. The average molecular weight is 631 g/mol. The molecular weight excluding hydrogens is 588 g/mol. The summed E-state index contributed by atoms with van der Waals surface area (Å²) < 4.78 is 7.30. The van der Waals surface area contributed by atoms with Gasteiger partial charge in [0, 0.05) is 53.1 Å². The first kappa shape index (κ1) is 30.9. The Balaban J connectivity index is 1.17. The fourth-order valence-electron chi connectivity index (χ4n) is 7.92. The van der Waals surface area contributed by atoms with E-state index in [-0.39, 0.29) is 17.8 Å². The lowest BCUT2D eigenvalue weighted by Gasteiger charge is -2.29. The number of nitrogens with zero attached hydrogens (tertiary/aromatic N) is 2. The lowest BCUT2D eigenvalue weighted by Crippen LogP contribution is -2.55. The topological polar surface area (TPSA) is 102 Å². The molecule has 1 aliphatic heterocycles. The number of ether oxygens (including phenoxy) is 1. The second-order valence-electron chi connectivity index (χ2n) is 13.3. The largest absolute Gasteiger partial charge is 0.435 e. The van der Waals surface area contributed by atoms with Crippen molar-refractivity contribution in [3.05, 3.63) is 89.4 Å². The SMILES string of the molecule is CC(=O)O/C=C/c1ccc(NC(=O)C2(NC(=O)c3ccc4c(C5CCCCC5)c5n(c4c3)CCCc3ncccc3-5)CCCC2)cc1. The number of benzene rings is 2. The number of anilines is 1. The Morgan fingerprint density at radius 3 is 2.51 bits per heavy atom. The van der Waals surface area contributed by atoms with Crippen molar-refractivity contribution in [2.45, 2.75) is 95.6 Å². The Morgan fingerprint density at radius 2 is 1.74 bits per heavy atom. The van der Waals surface area contributed by atoms with E-state index in [1.165, 1.54) is 67.5 Å². The van der Waals surface area contributed by atoms with Gasteiger partial charge in [0.05, 0.1) is 12.0 Å². The molecule has 2 fully saturated rings. The number of hydrogen-bond acceptors (Lipinski definition) is 5. The van der Waals surface area contributed by atoms with Gasteiger partial charge in [0.15, 0.2) is 0 Å². The van der Waals surface area contributed by atoms with Crippen LogP contribution < -0.4 is 10.6 Å². The highest BCUT2D eigenvalue weighted by Crippen LogP contribution is 2.46. The van der Waals surface area contributed by atoms with Gasteiger partial charge in [-0.05, 0) is 98.0 Å². The number of amides is 2. The molecule has 2 aromatic heterocycles. The third-order valence-corrected chi connectivity index (χ3v) is 10.2. The number of carbonyl (C=O) groups is 3. The molecule has 8 nitrogen and oxygen atoms in total. The van der Waals surface area contributed by atoms with Gasteiger partial charge in [0.1, 0.15) is 5.54 Å². The first-order valence-corrected chi connectivity index (χ1v) is 17.1. The van der Waals surface area contributed by atoms with E-state index in [9.17, 15) is 14.4 Å². The van der Waals surface area contributed by atoms with Crippen LogP contribution >= 0.6 is 0 Å². The summed E-state index contributed by atoms with van der Waals surface area (Å²) in [5, 5.41) is 7.46. The van der Waals surface area contributed by atoms with E-state index in [0.717, 1.165) is 49.0 Å². The Morgan fingerprint density at radius 1 is 0.957 bits per heavy atom. The summed E-state index contributed by atoms with van der Waals surface area (Å²) in [5.74, 6) is -0.309. The molecule has 0 unspecified atom stereocenters. The predicted octanol–water partition coefficient (Wildman–Crippen LogP) is 7.91. The number of carbonyl (C=O) groups excluding carboxylic acids is 3. The van der Waals surface area contributed by atoms with Crippen molar-refractivity contribution in [2.75, 3.05) is 5.32 Å². The fourth-order valence-corrected chi connectivity index (χ4v) is 7.92. The molecular formula is C39H42N4O4. The molecule has 2 N–H and O–H groups in total. The molecule has 0 spiro atoms. The molecule has 242 valence electrons. The molecule has 3 aliphatic rings. The molecule has 0 saturated heterocycles.